The van der Waals surface area contributed by atoms with E-state index in [4.69, 9.17) is 4.98 Å². The summed E-state index contributed by atoms with van der Waals surface area (Å²) in [5, 5.41) is 0. The summed E-state index contributed by atoms with van der Waals surface area (Å²) >= 11 is 0. The van der Waals surface area contributed by atoms with E-state index in [0.29, 0.717) is 18.1 Å². The third kappa shape index (κ3) is 3.16. The molecule has 27 heavy (non-hydrogen) atoms. The first-order valence-electron chi connectivity index (χ1n) is 9.91. The van der Waals surface area contributed by atoms with Gasteiger partial charge in [-0.05, 0) is 58.2 Å². The first-order valence-corrected chi connectivity index (χ1v) is 9.91. The van der Waals surface area contributed by atoms with E-state index in [-0.39, 0.29) is 17.0 Å². The van der Waals surface area contributed by atoms with E-state index >= 15 is 0 Å². The monoisotopic (exact) mass is 368 g/mol. The fourth-order valence-corrected chi connectivity index (χ4v) is 4.68. The molecule has 0 N–H and O–H groups in total. The number of amides is 1. The highest BCUT2D eigenvalue weighted by atomic mass is 16.2. The number of hydrogen-bond donors (Lipinski definition) is 0. The summed E-state index contributed by atoms with van der Waals surface area (Å²) in [6.07, 6.45) is 4.71. The van der Waals surface area contributed by atoms with Crippen molar-refractivity contribution >= 4 is 11.6 Å². The largest absolute Gasteiger partial charge is 0.340 e. The van der Waals surface area contributed by atoms with Gasteiger partial charge in [-0.3, -0.25) is 18.9 Å². The van der Waals surface area contributed by atoms with Crippen LogP contribution in [0, 0.1) is 12.3 Å². The standard InChI is InChI=1S/C21H28N4O2/c1-15(2)24-10-5-7-21(20(24)27)8-11-23(14-21)13-17-12-18(26)25-9-4-6-16(3)19(25)22-17/h4,6,9,12,15H,5,7-8,10-11,13-14H2,1-3H3. The Labute approximate surface area is 159 Å². The highest BCUT2D eigenvalue weighted by Crippen LogP contribution is 2.40. The summed E-state index contributed by atoms with van der Waals surface area (Å²) in [6, 6.07) is 5.72. The Morgan fingerprint density at radius 3 is 2.81 bits per heavy atom. The second-order valence-corrected chi connectivity index (χ2v) is 8.41. The van der Waals surface area contributed by atoms with Crippen LogP contribution in [0.1, 0.15) is 44.4 Å². The normalized spacial score (nSPS) is 23.9. The number of pyridine rings is 1. The molecule has 0 radical (unpaired) electrons. The fraction of sp³-hybridized carbons (Fsp3) is 0.571. The molecule has 144 valence electrons. The zero-order valence-corrected chi connectivity index (χ0v) is 16.4. The Morgan fingerprint density at radius 2 is 2.04 bits per heavy atom. The van der Waals surface area contributed by atoms with Crippen molar-refractivity contribution in [1.29, 1.82) is 0 Å². The minimum Gasteiger partial charge on any atom is -0.340 e. The lowest BCUT2D eigenvalue weighted by atomic mass is 9.78. The van der Waals surface area contributed by atoms with Crippen LogP contribution in [0.25, 0.3) is 5.65 Å². The molecule has 1 atom stereocenters. The molecule has 2 aliphatic rings. The van der Waals surface area contributed by atoms with Crippen molar-refractivity contribution in [1.82, 2.24) is 19.2 Å². The number of carbonyl (C=O) groups excluding carboxylic acids is 1. The molecule has 2 fully saturated rings. The van der Waals surface area contributed by atoms with Gasteiger partial charge in [-0.2, -0.15) is 0 Å². The molecular formula is C21H28N4O2. The number of aryl methyl sites for hydroxylation is 1. The number of hydrogen-bond acceptors (Lipinski definition) is 4. The lowest BCUT2D eigenvalue weighted by Crippen LogP contribution is -2.52. The fourth-order valence-electron chi connectivity index (χ4n) is 4.68. The molecule has 6 nitrogen and oxygen atoms in total. The van der Waals surface area contributed by atoms with Crippen molar-refractivity contribution in [3.63, 3.8) is 0 Å². The summed E-state index contributed by atoms with van der Waals surface area (Å²) in [7, 11) is 0. The third-order valence-electron chi connectivity index (χ3n) is 6.15. The van der Waals surface area contributed by atoms with Crippen molar-refractivity contribution in [3.8, 4) is 0 Å². The molecule has 4 rings (SSSR count). The van der Waals surface area contributed by atoms with Crippen LogP contribution in [0.5, 0.6) is 0 Å². The quantitative estimate of drug-likeness (QED) is 0.834. The number of fused-ring (bicyclic) bond motifs is 1. The summed E-state index contributed by atoms with van der Waals surface area (Å²) in [5.74, 6) is 0.314. The van der Waals surface area contributed by atoms with Crippen molar-refractivity contribution in [3.05, 3.63) is 46.0 Å². The number of likely N-dealkylation sites (tertiary alicyclic amines) is 2. The number of rotatable bonds is 3. The van der Waals surface area contributed by atoms with Crippen LogP contribution >= 0.6 is 0 Å². The van der Waals surface area contributed by atoms with Gasteiger partial charge in [0.1, 0.15) is 5.65 Å². The lowest BCUT2D eigenvalue weighted by molar-refractivity contribution is -0.147. The third-order valence-corrected chi connectivity index (χ3v) is 6.15. The van der Waals surface area contributed by atoms with Crippen LogP contribution in [0.3, 0.4) is 0 Å². The van der Waals surface area contributed by atoms with Crippen LogP contribution < -0.4 is 5.56 Å². The molecule has 2 saturated heterocycles. The molecule has 6 heteroatoms. The van der Waals surface area contributed by atoms with Gasteiger partial charge in [0.05, 0.1) is 11.1 Å². The highest BCUT2D eigenvalue weighted by Gasteiger charge is 2.48. The van der Waals surface area contributed by atoms with Crippen molar-refractivity contribution in [2.75, 3.05) is 19.6 Å². The molecule has 1 amide bonds. The van der Waals surface area contributed by atoms with E-state index in [1.807, 2.05) is 24.0 Å². The predicted octanol–water partition coefficient (Wildman–Crippen LogP) is 2.23. The molecule has 0 bridgehead atoms. The van der Waals surface area contributed by atoms with Crippen molar-refractivity contribution < 1.29 is 4.79 Å². The molecule has 0 aliphatic carbocycles. The van der Waals surface area contributed by atoms with Gasteiger partial charge < -0.3 is 4.90 Å². The molecular weight excluding hydrogens is 340 g/mol. The van der Waals surface area contributed by atoms with Gasteiger partial charge in [0.25, 0.3) is 5.56 Å². The number of nitrogens with zero attached hydrogens (tertiary/aromatic N) is 4. The average molecular weight is 368 g/mol. The second-order valence-electron chi connectivity index (χ2n) is 8.41. The van der Waals surface area contributed by atoms with Gasteiger partial charge in [-0.25, -0.2) is 4.98 Å². The summed E-state index contributed by atoms with van der Waals surface area (Å²) < 4.78 is 1.59. The molecule has 2 aromatic rings. The number of piperidine rings is 1. The number of carbonyl (C=O) groups is 1. The zero-order valence-electron chi connectivity index (χ0n) is 16.4. The minimum atomic E-state index is -0.246. The zero-order chi connectivity index (χ0) is 19.2. The van der Waals surface area contributed by atoms with Gasteiger partial charge >= 0.3 is 0 Å². The van der Waals surface area contributed by atoms with Gasteiger partial charge in [0.2, 0.25) is 5.91 Å². The Balaban J connectivity index is 1.55. The van der Waals surface area contributed by atoms with Crippen molar-refractivity contribution in [2.24, 2.45) is 5.41 Å². The van der Waals surface area contributed by atoms with Gasteiger partial charge in [-0.1, -0.05) is 6.07 Å². The second kappa shape index (κ2) is 6.75. The predicted molar refractivity (Wildman–Crippen MR) is 105 cm³/mol. The van der Waals surface area contributed by atoms with Crippen LogP contribution in [0.4, 0.5) is 0 Å². The molecule has 1 spiro atoms. The topological polar surface area (TPSA) is 57.9 Å². The summed E-state index contributed by atoms with van der Waals surface area (Å²) in [5.41, 5.74) is 2.20. The van der Waals surface area contributed by atoms with Gasteiger partial charge in [-0.15, -0.1) is 0 Å². The maximum atomic E-state index is 13.1. The van der Waals surface area contributed by atoms with E-state index in [1.165, 1.54) is 0 Å². The Hall–Kier alpha value is -2.21. The van der Waals surface area contributed by atoms with Crippen LogP contribution in [-0.4, -0.2) is 50.8 Å². The number of aromatic nitrogens is 2. The smallest absolute Gasteiger partial charge is 0.258 e. The molecule has 1 unspecified atom stereocenters. The molecule has 0 aromatic carbocycles. The SMILES string of the molecule is Cc1cccn2c(=O)cc(CN3CCC4(CCCN(C(C)C)C4=O)C3)nc12. The Morgan fingerprint density at radius 1 is 1.22 bits per heavy atom. The van der Waals surface area contributed by atoms with Gasteiger partial charge in [0.15, 0.2) is 0 Å². The van der Waals surface area contributed by atoms with Crippen LogP contribution in [0.15, 0.2) is 29.2 Å². The molecule has 4 heterocycles. The Kier molecular flexibility index (Phi) is 4.54. The van der Waals surface area contributed by atoms with E-state index in [1.54, 1.807) is 16.7 Å². The average Bonchev–Trinajstić information content (AvgIpc) is 3.02. The minimum absolute atomic E-state index is 0.0488. The van der Waals surface area contributed by atoms with E-state index < -0.39 is 0 Å². The van der Waals surface area contributed by atoms with E-state index in [2.05, 4.69) is 18.7 Å². The maximum Gasteiger partial charge on any atom is 0.258 e. The van der Waals surface area contributed by atoms with E-state index in [9.17, 15) is 9.59 Å². The van der Waals surface area contributed by atoms with Crippen molar-refractivity contribution in [2.45, 2.75) is 52.6 Å². The lowest BCUT2D eigenvalue weighted by Gasteiger charge is -2.41. The van der Waals surface area contributed by atoms with Crippen LogP contribution in [-0.2, 0) is 11.3 Å². The summed E-state index contributed by atoms with van der Waals surface area (Å²) in [6.45, 7) is 9.31. The molecule has 2 aromatic heterocycles. The summed E-state index contributed by atoms with van der Waals surface area (Å²) in [4.78, 5) is 34.6. The maximum absolute atomic E-state index is 13.1. The molecule has 2 aliphatic heterocycles. The highest BCUT2D eigenvalue weighted by molar-refractivity contribution is 5.84. The molecule has 0 saturated carbocycles. The van der Waals surface area contributed by atoms with E-state index in [0.717, 1.165) is 50.2 Å². The van der Waals surface area contributed by atoms with Gasteiger partial charge in [0, 0.05) is 37.9 Å². The van der Waals surface area contributed by atoms with Crippen LogP contribution in [0.2, 0.25) is 0 Å². The first kappa shape index (κ1) is 18.2. The Bertz CT molecular complexity index is 935. The first-order chi connectivity index (χ1) is 12.9.